The molecule has 7 nitrogen and oxygen atoms in total. The first-order valence-corrected chi connectivity index (χ1v) is 11.2. The Morgan fingerprint density at radius 3 is 2.47 bits per heavy atom. The summed E-state index contributed by atoms with van der Waals surface area (Å²) < 4.78 is 11.2. The van der Waals surface area contributed by atoms with Crippen molar-refractivity contribution >= 4 is 46.7 Å². The number of hydrogen-bond donors (Lipinski definition) is 0. The van der Waals surface area contributed by atoms with Gasteiger partial charge in [-0.3, -0.25) is 14.5 Å². The van der Waals surface area contributed by atoms with Crippen molar-refractivity contribution < 1.29 is 23.9 Å². The summed E-state index contributed by atoms with van der Waals surface area (Å²) >= 11 is 12.2. The van der Waals surface area contributed by atoms with Gasteiger partial charge in [-0.15, -0.1) is 0 Å². The Bertz CT molecular complexity index is 1100. The van der Waals surface area contributed by atoms with Gasteiger partial charge in [0.15, 0.2) is 5.75 Å². The fourth-order valence-corrected chi connectivity index (χ4v) is 5.03. The van der Waals surface area contributed by atoms with E-state index < -0.39 is 11.6 Å². The minimum atomic E-state index is -1.47. The molecular formula is C23H20Cl2N2O5. The number of esters is 1. The van der Waals surface area contributed by atoms with Crippen LogP contribution >= 0.6 is 23.2 Å². The van der Waals surface area contributed by atoms with E-state index in [1.165, 1.54) is 4.90 Å². The third kappa shape index (κ3) is 3.22. The zero-order valence-corrected chi connectivity index (χ0v) is 18.6. The van der Waals surface area contributed by atoms with Crippen molar-refractivity contribution in [1.29, 1.82) is 0 Å². The zero-order chi connectivity index (χ0) is 22.5. The van der Waals surface area contributed by atoms with Crippen LogP contribution in [0.2, 0.25) is 10.0 Å². The molecule has 166 valence electrons. The quantitative estimate of drug-likeness (QED) is 0.466. The van der Waals surface area contributed by atoms with Crippen LogP contribution in [0.1, 0.15) is 36.0 Å². The van der Waals surface area contributed by atoms with Crippen LogP contribution in [0.25, 0.3) is 0 Å². The molecule has 1 saturated carbocycles. The van der Waals surface area contributed by atoms with Crippen LogP contribution in [0.15, 0.2) is 42.5 Å². The predicted octanol–water partition coefficient (Wildman–Crippen LogP) is 4.06. The van der Waals surface area contributed by atoms with Gasteiger partial charge in [-0.05, 0) is 37.1 Å². The van der Waals surface area contributed by atoms with Gasteiger partial charge in [0, 0.05) is 18.9 Å². The van der Waals surface area contributed by atoms with E-state index in [-0.39, 0.29) is 43.9 Å². The highest BCUT2D eigenvalue weighted by molar-refractivity contribution is 6.37. The molecule has 2 fully saturated rings. The van der Waals surface area contributed by atoms with Crippen LogP contribution in [0, 0.1) is 0 Å². The Labute approximate surface area is 194 Å². The van der Waals surface area contributed by atoms with Crippen LogP contribution in [-0.2, 0) is 14.3 Å². The molecule has 9 heteroatoms. The fraction of sp³-hybridized carbons (Fsp3) is 0.348. The minimum Gasteiger partial charge on any atom is -0.487 e. The van der Waals surface area contributed by atoms with Gasteiger partial charge in [0.05, 0.1) is 21.3 Å². The first-order chi connectivity index (χ1) is 15.4. The minimum absolute atomic E-state index is 0.0210. The van der Waals surface area contributed by atoms with E-state index in [9.17, 15) is 14.4 Å². The third-order valence-electron chi connectivity index (χ3n) is 6.02. The van der Waals surface area contributed by atoms with Gasteiger partial charge in [-0.1, -0.05) is 41.4 Å². The lowest BCUT2D eigenvalue weighted by Gasteiger charge is -2.48. The number of nitrogens with zero attached hydrogens (tertiary/aromatic N) is 2. The number of rotatable bonds is 6. The van der Waals surface area contributed by atoms with Crippen LogP contribution in [0.4, 0.5) is 5.69 Å². The molecule has 32 heavy (non-hydrogen) atoms. The van der Waals surface area contributed by atoms with Gasteiger partial charge < -0.3 is 14.4 Å². The second kappa shape index (κ2) is 7.98. The molecule has 2 aromatic carbocycles. The largest absolute Gasteiger partial charge is 0.487 e. The summed E-state index contributed by atoms with van der Waals surface area (Å²) in [6, 6.07) is 11.8. The Hall–Kier alpha value is -2.77. The standard InChI is InChI=1S/C23H20Cl2N2O5/c24-16-5-3-6-17(25)20(16)31-12-13-32-22(30)23-11-10-19(28)27(23)18-7-2-1-4-15(18)21(29)26(23)14-8-9-14/h1-7,14H,8-13H2. The van der Waals surface area contributed by atoms with Crippen molar-refractivity contribution in [3.8, 4) is 5.75 Å². The highest BCUT2D eigenvalue weighted by atomic mass is 35.5. The number of amides is 2. The highest BCUT2D eigenvalue weighted by Crippen LogP contribution is 2.49. The molecule has 3 aliphatic rings. The van der Waals surface area contributed by atoms with E-state index in [1.807, 2.05) is 0 Å². The van der Waals surface area contributed by atoms with Gasteiger partial charge in [-0.25, -0.2) is 4.79 Å². The van der Waals surface area contributed by atoms with Crippen molar-refractivity contribution in [3.05, 3.63) is 58.1 Å². The molecule has 0 spiro atoms. The van der Waals surface area contributed by atoms with Crippen LogP contribution in [0.3, 0.4) is 0 Å². The number of hydrogen-bond acceptors (Lipinski definition) is 5. The molecule has 1 unspecified atom stereocenters. The summed E-state index contributed by atoms with van der Waals surface area (Å²) in [7, 11) is 0. The predicted molar refractivity (Wildman–Crippen MR) is 118 cm³/mol. The lowest BCUT2D eigenvalue weighted by atomic mass is 9.96. The van der Waals surface area contributed by atoms with Gasteiger partial charge in [-0.2, -0.15) is 0 Å². The summed E-state index contributed by atoms with van der Waals surface area (Å²) in [5, 5.41) is 0.703. The highest BCUT2D eigenvalue weighted by Gasteiger charge is 2.64. The van der Waals surface area contributed by atoms with E-state index in [0.717, 1.165) is 12.8 Å². The Balaban J connectivity index is 1.40. The van der Waals surface area contributed by atoms with Crippen LogP contribution in [0.5, 0.6) is 5.75 Å². The van der Waals surface area contributed by atoms with Gasteiger partial charge in [0.2, 0.25) is 11.6 Å². The number of benzene rings is 2. The van der Waals surface area contributed by atoms with Crippen LogP contribution in [-0.4, -0.2) is 47.6 Å². The first-order valence-electron chi connectivity index (χ1n) is 10.4. The number of fused-ring (bicyclic) bond motifs is 3. The second-order valence-corrected chi connectivity index (χ2v) is 8.82. The molecule has 1 atom stereocenters. The summed E-state index contributed by atoms with van der Waals surface area (Å²) in [5.74, 6) is -0.771. The summed E-state index contributed by atoms with van der Waals surface area (Å²) in [5.41, 5.74) is -0.589. The molecule has 1 aliphatic carbocycles. The molecule has 5 rings (SSSR count). The maximum Gasteiger partial charge on any atom is 0.353 e. The fourth-order valence-electron chi connectivity index (χ4n) is 4.53. The average molecular weight is 475 g/mol. The number of anilines is 1. The van der Waals surface area contributed by atoms with Gasteiger partial charge in [0.25, 0.3) is 5.91 Å². The number of carbonyl (C=O) groups excluding carboxylic acids is 3. The van der Waals surface area contributed by atoms with E-state index in [1.54, 1.807) is 47.4 Å². The maximum absolute atomic E-state index is 13.5. The van der Waals surface area contributed by atoms with E-state index in [2.05, 4.69) is 0 Å². The van der Waals surface area contributed by atoms with Gasteiger partial charge >= 0.3 is 5.97 Å². The smallest absolute Gasteiger partial charge is 0.353 e. The topological polar surface area (TPSA) is 76.2 Å². The lowest BCUT2D eigenvalue weighted by Crippen LogP contribution is -2.69. The van der Waals surface area contributed by atoms with E-state index >= 15 is 0 Å². The molecule has 0 aromatic heterocycles. The maximum atomic E-state index is 13.5. The average Bonchev–Trinajstić information content (AvgIpc) is 3.55. The molecule has 2 aromatic rings. The lowest BCUT2D eigenvalue weighted by molar-refractivity contribution is -0.158. The third-order valence-corrected chi connectivity index (χ3v) is 6.62. The second-order valence-electron chi connectivity index (χ2n) is 8.00. The van der Waals surface area contributed by atoms with Crippen molar-refractivity contribution in [1.82, 2.24) is 4.90 Å². The zero-order valence-electron chi connectivity index (χ0n) is 17.1. The van der Waals surface area contributed by atoms with Crippen molar-refractivity contribution in [2.75, 3.05) is 18.1 Å². The molecule has 0 bridgehead atoms. The molecule has 0 radical (unpaired) electrons. The number of halogens is 2. The number of carbonyl (C=O) groups is 3. The van der Waals surface area contributed by atoms with Crippen molar-refractivity contribution in [2.24, 2.45) is 0 Å². The Kier molecular flexibility index (Phi) is 5.26. The van der Waals surface area contributed by atoms with Crippen molar-refractivity contribution in [2.45, 2.75) is 37.4 Å². The van der Waals surface area contributed by atoms with Crippen LogP contribution < -0.4 is 9.64 Å². The van der Waals surface area contributed by atoms with E-state index in [0.29, 0.717) is 27.0 Å². The SMILES string of the molecule is O=C1CCC2(C(=O)OCCOc3c(Cl)cccc3Cl)N1c1ccccc1C(=O)N2C1CC1. The molecule has 2 heterocycles. The normalized spacial score (nSPS) is 21.9. The Morgan fingerprint density at radius 2 is 1.75 bits per heavy atom. The molecule has 1 saturated heterocycles. The number of ether oxygens (including phenoxy) is 2. The molecule has 2 amide bonds. The van der Waals surface area contributed by atoms with E-state index in [4.69, 9.17) is 32.7 Å². The molecule has 0 N–H and O–H groups in total. The first kappa shape index (κ1) is 21.1. The number of para-hydroxylation sites is 2. The van der Waals surface area contributed by atoms with Gasteiger partial charge in [0.1, 0.15) is 13.2 Å². The summed E-state index contributed by atoms with van der Waals surface area (Å²) in [6.07, 6.45) is 1.93. The summed E-state index contributed by atoms with van der Waals surface area (Å²) in [4.78, 5) is 42.8. The van der Waals surface area contributed by atoms with Crippen molar-refractivity contribution in [3.63, 3.8) is 0 Å². The molecule has 2 aliphatic heterocycles. The summed E-state index contributed by atoms with van der Waals surface area (Å²) in [6.45, 7) is -0.0638. The molecular weight excluding hydrogens is 455 g/mol. The Morgan fingerprint density at radius 1 is 1.03 bits per heavy atom. The monoisotopic (exact) mass is 474 g/mol.